The first-order valence-electron chi connectivity index (χ1n) is 6.60. The number of aromatic carboxylic acids is 1. The van der Waals surface area contributed by atoms with Crippen molar-refractivity contribution in [3.63, 3.8) is 0 Å². The zero-order chi connectivity index (χ0) is 15.6. The average Bonchev–Trinajstić information content (AvgIpc) is 2.84. The minimum absolute atomic E-state index is 0.0887. The molecule has 2 aromatic rings. The van der Waals surface area contributed by atoms with Crippen molar-refractivity contribution < 1.29 is 18.3 Å². The lowest BCUT2D eigenvalue weighted by Crippen LogP contribution is -2.28. The number of rotatable bonds is 6. The van der Waals surface area contributed by atoms with E-state index in [0.29, 0.717) is 16.6 Å². The lowest BCUT2D eigenvalue weighted by Gasteiger charge is -2.17. The molecule has 0 amide bonds. The minimum atomic E-state index is -3.81. The molecule has 0 aliphatic heterocycles. The van der Waals surface area contributed by atoms with Crippen molar-refractivity contribution in [1.29, 1.82) is 0 Å². The van der Waals surface area contributed by atoms with Gasteiger partial charge in [0.05, 0.1) is 0 Å². The number of thiophene rings is 1. The Balaban J connectivity index is 2.63. The second-order valence-corrected chi connectivity index (χ2v) is 7.78. The fourth-order valence-corrected chi connectivity index (χ4v) is 4.98. The Hall–Kier alpha value is -1.44. The molecule has 1 aromatic heterocycles. The molecular weight excluding hydrogens is 310 g/mol. The van der Waals surface area contributed by atoms with Gasteiger partial charge in [-0.3, -0.25) is 0 Å². The number of carboxylic acids is 1. The molecule has 5 nitrogen and oxygen atoms in total. The molecule has 0 radical (unpaired) electrons. The molecule has 1 aromatic carbocycles. The van der Waals surface area contributed by atoms with Gasteiger partial charge in [0.2, 0.25) is 10.0 Å². The van der Waals surface area contributed by atoms with Crippen LogP contribution in [-0.2, 0) is 10.0 Å². The third kappa shape index (κ3) is 2.95. The van der Waals surface area contributed by atoms with Crippen LogP contribution in [0.3, 0.4) is 0 Å². The highest BCUT2D eigenvalue weighted by Crippen LogP contribution is 2.36. The van der Waals surface area contributed by atoms with Crippen LogP contribution in [0.2, 0.25) is 0 Å². The third-order valence-corrected chi connectivity index (χ3v) is 6.47. The largest absolute Gasteiger partial charge is 0.477 e. The van der Waals surface area contributed by atoms with E-state index in [0.717, 1.165) is 24.2 Å². The van der Waals surface area contributed by atoms with Crippen molar-refractivity contribution in [3.05, 3.63) is 29.1 Å². The quantitative estimate of drug-likeness (QED) is 0.885. The van der Waals surface area contributed by atoms with Crippen molar-refractivity contribution in [2.75, 3.05) is 13.6 Å². The normalized spacial score (nSPS) is 12.1. The van der Waals surface area contributed by atoms with Crippen molar-refractivity contribution in [2.45, 2.75) is 24.7 Å². The van der Waals surface area contributed by atoms with Gasteiger partial charge in [0.15, 0.2) is 0 Å². The van der Waals surface area contributed by atoms with Gasteiger partial charge in [-0.05, 0) is 12.5 Å². The van der Waals surface area contributed by atoms with E-state index < -0.39 is 16.0 Å². The summed E-state index contributed by atoms with van der Waals surface area (Å²) in [6.07, 6.45) is 1.61. The van der Waals surface area contributed by atoms with Crippen LogP contribution in [0.15, 0.2) is 29.2 Å². The van der Waals surface area contributed by atoms with Crippen molar-refractivity contribution >= 4 is 37.4 Å². The van der Waals surface area contributed by atoms with Crippen molar-refractivity contribution in [3.8, 4) is 0 Å². The number of carboxylic acid groups (broad SMARTS) is 1. The topological polar surface area (TPSA) is 74.7 Å². The van der Waals surface area contributed by atoms with E-state index in [9.17, 15) is 18.3 Å². The number of carbonyl (C=O) groups is 1. The first-order valence-corrected chi connectivity index (χ1v) is 8.86. The third-order valence-electron chi connectivity index (χ3n) is 3.24. The van der Waals surface area contributed by atoms with E-state index in [-0.39, 0.29) is 9.77 Å². The zero-order valence-corrected chi connectivity index (χ0v) is 13.5. The lowest BCUT2D eigenvalue weighted by molar-refractivity contribution is 0.0698. The van der Waals surface area contributed by atoms with Gasteiger partial charge in [0.1, 0.15) is 9.77 Å². The number of fused-ring (bicyclic) bond motifs is 1. The lowest BCUT2D eigenvalue weighted by atomic mass is 10.2. The summed E-state index contributed by atoms with van der Waals surface area (Å²) in [5.74, 6) is -1.21. The summed E-state index contributed by atoms with van der Waals surface area (Å²) < 4.78 is 27.3. The molecule has 21 heavy (non-hydrogen) atoms. The molecule has 0 aliphatic carbocycles. The Morgan fingerprint density at radius 1 is 1.33 bits per heavy atom. The highest BCUT2D eigenvalue weighted by Gasteiger charge is 2.30. The van der Waals surface area contributed by atoms with Gasteiger partial charge in [0, 0.05) is 23.7 Å². The van der Waals surface area contributed by atoms with E-state index in [1.807, 2.05) is 6.92 Å². The first kappa shape index (κ1) is 15.9. The number of hydrogen-bond acceptors (Lipinski definition) is 4. The molecule has 1 heterocycles. The molecule has 0 bridgehead atoms. The number of sulfonamides is 1. The fraction of sp³-hybridized carbons (Fsp3) is 0.357. The highest BCUT2D eigenvalue weighted by molar-refractivity contribution is 7.89. The summed E-state index contributed by atoms with van der Waals surface area (Å²) in [7, 11) is -2.32. The van der Waals surface area contributed by atoms with Crippen LogP contribution in [0, 0.1) is 0 Å². The number of hydrogen-bond donors (Lipinski definition) is 1. The van der Waals surface area contributed by atoms with Gasteiger partial charge in [-0.2, -0.15) is 0 Å². The van der Waals surface area contributed by atoms with E-state index >= 15 is 0 Å². The SMILES string of the molecule is CCCCN(C)S(=O)(=O)c1c(C(=O)O)sc2ccccc12. The molecule has 0 saturated heterocycles. The summed E-state index contributed by atoms with van der Waals surface area (Å²) in [5.41, 5.74) is 0. The molecule has 1 N–H and O–H groups in total. The monoisotopic (exact) mass is 327 g/mol. The Morgan fingerprint density at radius 3 is 2.62 bits per heavy atom. The van der Waals surface area contributed by atoms with Gasteiger partial charge < -0.3 is 5.11 Å². The van der Waals surface area contributed by atoms with E-state index in [1.165, 1.54) is 11.4 Å². The van der Waals surface area contributed by atoms with Crippen LogP contribution in [-0.4, -0.2) is 37.4 Å². The number of nitrogens with zero attached hydrogens (tertiary/aromatic N) is 1. The second-order valence-electron chi connectivity index (χ2n) is 4.74. The van der Waals surface area contributed by atoms with Gasteiger partial charge in [0.25, 0.3) is 0 Å². The Bertz CT molecular complexity index is 764. The summed E-state index contributed by atoms with van der Waals surface area (Å²) in [6.45, 7) is 2.35. The standard InChI is InChI=1S/C14H17NO4S2/c1-3-4-9-15(2)21(18,19)13-10-7-5-6-8-11(10)20-12(13)14(16)17/h5-8H,3-4,9H2,1-2H3,(H,16,17). The molecule has 0 atom stereocenters. The first-order chi connectivity index (χ1) is 9.89. The number of benzene rings is 1. The van der Waals surface area contributed by atoms with Gasteiger partial charge in [-0.15, -0.1) is 11.3 Å². The zero-order valence-electron chi connectivity index (χ0n) is 11.9. The molecule has 0 saturated carbocycles. The molecule has 2 rings (SSSR count). The highest BCUT2D eigenvalue weighted by atomic mass is 32.2. The minimum Gasteiger partial charge on any atom is -0.477 e. The predicted octanol–water partition coefficient (Wildman–Crippen LogP) is 3.02. The van der Waals surface area contributed by atoms with Gasteiger partial charge >= 0.3 is 5.97 Å². The molecule has 0 spiro atoms. The van der Waals surface area contributed by atoms with Crippen LogP contribution in [0.4, 0.5) is 0 Å². The molecule has 114 valence electrons. The van der Waals surface area contributed by atoms with E-state index in [2.05, 4.69) is 0 Å². The maximum absolute atomic E-state index is 12.7. The van der Waals surface area contributed by atoms with Crippen LogP contribution in [0.1, 0.15) is 29.4 Å². The maximum Gasteiger partial charge on any atom is 0.347 e. The predicted molar refractivity (Wildman–Crippen MR) is 83.5 cm³/mol. The van der Waals surface area contributed by atoms with Crippen LogP contribution < -0.4 is 0 Å². The summed E-state index contributed by atoms with van der Waals surface area (Å²) in [6, 6.07) is 6.86. The van der Waals surface area contributed by atoms with E-state index in [4.69, 9.17) is 0 Å². The second kappa shape index (κ2) is 6.13. The molecule has 0 aliphatic rings. The smallest absolute Gasteiger partial charge is 0.347 e. The molecule has 7 heteroatoms. The molecule has 0 fully saturated rings. The van der Waals surface area contributed by atoms with Gasteiger partial charge in [-0.1, -0.05) is 31.5 Å². The van der Waals surface area contributed by atoms with Gasteiger partial charge in [-0.25, -0.2) is 17.5 Å². The fourth-order valence-electron chi connectivity index (χ4n) is 2.08. The van der Waals surface area contributed by atoms with E-state index in [1.54, 1.807) is 24.3 Å². The van der Waals surface area contributed by atoms with Crippen LogP contribution in [0.5, 0.6) is 0 Å². The Kier molecular flexibility index (Phi) is 4.65. The molecule has 0 unspecified atom stereocenters. The maximum atomic E-state index is 12.7. The van der Waals surface area contributed by atoms with Crippen LogP contribution >= 0.6 is 11.3 Å². The van der Waals surface area contributed by atoms with Crippen molar-refractivity contribution in [2.24, 2.45) is 0 Å². The number of unbranched alkanes of at least 4 members (excludes halogenated alkanes) is 1. The van der Waals surface area contributed by atoms with Crippen LogP contribution in [0.25, 0.3) is 10.1 Å². The summed E-state index contributed by atoms with van der Waals surface area (Å²) in [4.78, 5) is 11.2. The average molecular weight is 327 g/mol. The Labute approximate surface area is 127 Å². The summed E-state index contributed by atoms with van der Waals surface area (Å²) in [5, 5.41) is 9.79. The summed E-state index contributed by atoms with van der Waals surface area (Å²) >= 11 is 0.995. The van der Waals surface area contributed by atoms with Crippen molar-refractivity contribution in [1.82, 2.24) is 4.31 Å². The molecular formula is C14H17NO4S2. The Morgan fingerprint density at radius 2 is 2.00 bits per heavy atom.